The Bertz CT molecular complexity index is 166. The molecule has 56 valence electrons. The molecule has 2 N–H and O–H groups in total. The van der Waals surface area contributed by atoms with Gasteiger partial charge in [-0.2, -0.15) is 0 Å². The van der Waals surface area contributed by atoms with Crippen molar-refractivity contribution in [3.63, 3.8) is 0 Å². The molecule has 0 unspecified atom stereocenters. The first-order chi connectivity index (χ1) is 4.72. The van der Waals surface area contributed by atoms with Crippen LogP contribution in [-0.4, -0.2) is 12.8 Å². The molecule has 2 heteroatoms. The fourth-order valence-corrected chi connectivity index (χ4v) is 0.464. The van der Waals surface area contributed by atoms with Crippen molar-refractivity contribution in [1.82, 2.24) is 0 Å². The normalized spacial score (nSPS) is 13.4. The molecule has 0 bridgehead atoms. The standard InChI is InChI=1S/C8H14N2/c1-4-8(9)7(3)6-10-5-2/h4,6H,1,5,9H2,2-3H3. The number of rotatable bonds is 3. The summed E-state index contributed by atoms with van der Waals surface area (Å²) in [5.41, 5.74) is 7.19. The van der Waals surface area contributed by atoms with Crippen molar-refractivity contribution in [3.05, 3.63) is 23.9 Å². The Labute approximate surface area is 62.1 Å². The Morgan fingerprint density at radius 3 is 2.70 bits per heavy atom. The lowest BCUT2D eigenvalue weighted by Gasteiger charge is -1.94. The van der Waals surface area contributed by atoms with Crippen LogP contribution in [0.3, 0.4) is 0 Å². The highest BCUT2D eigenvalue weighted by molar-refractivity contribution is 5.79. The third-order valence-corrected chi connectivity index (χ3v) is 1.14. The van der Waals surface area contributed by atoms with Gasteiger partial charge in [0.05, 0.1) is 0 Å². The average molecular weight is 138 g/mol. The van der Waals surface area contributed by atoms with Crippen LogP contribution in [0.5, 0.6) is 0 Å². The van der Waals surface area contributed by atoms with Gasteiger partial charge in [0.2, 0.25) is 0 Å². The Balaban J connectivity index is 4.17. The monoisotopic (exact) mass is 138 g/mol. The predicted octanol–water partition coefficient (Wildman–Crippen LogP) is 1.50. The molecule has 0 saturated heterocycles. The van der Waals surface area contributed by atoms with Crippen LogP contribution >= 0.6 is 0 Å². The van der Waals surface area contributed by atoms with Crippen LogP contribution in [-0.2, 0) is 0 Å². The second-order valence-electron chi connectivity index (χ2n) is 1.97. The minimum Gasteiger partial charge on any atom is -0.398 e. The molecule has 0 aliphatic rings. The first-order valence-electron chi connectivity index (χ1n) is 3.31. The number of nitrogens with two attached hydrogens (primary N) is 1. The van der Waals surface area contributed by atoms with Crippen molar-refractivity contribution in [2.75, 3.05) is 6.54 Å². The highest BCUT2D eigenvalue weighted by atomic mass is 14.7. The smallest absolute Gasteiger partial charge is 0.0361 e. The molecule has 0 aromatic rings. The average Bonchev–Trinajstić information content (AvgIpc) is 1.98. The van der Waals surface area contributed by atoms with Gasteiger partial charge in [0.1, 0.15) is 0 Å². The van der Waals surface area contributed by atoms with E-state index in [1.807, 2.05) is 13.8 Å². The van der Waals surface area contributed by atoms with E-state index in [-0.39, 0.29) is 0 Å². The summed E-state index contributed by atoms with van der Waals surface area (Å²) in [4.78, 5) is 4.03. The van der Waals surface area contributed by atoms with Gasteiger partial charge in [0.25, 0.3) is 0 Å². The van der Waals surface area contributed by atoms with Gasteiger partial charge in [-0.15, -0.1) is 0 Å². The number of nitrogens with zero attached hydrogens (tertiary/aromatic N) is 1. The molecule has 0 aliphatic carbocycles. The van der Waals surface area contributed by atoms with Crippen LogP contribution in [0.4, 0.5) is 0 Å². The largest absolute Gasteiger partial charge is 0.398 e. The van der Waals surface area contributed by atoms with Crippen LogP contribution in [0.1, 0.15) is 13.8 Å². The molecule has 0 spiro atoms. The van der Waals surface area contributed by atoms with Crippen molar-refractivity contribution in [2.45, 2.75) is 13.8 Å². The highest BCUT2D eigenvalue weighted by Gasteiger charge is 1.86. The fourth-order valence-electron chi connectivity index (χ4n) is 0.464. The molecule has 0 aromatic carbocycles. The van der Waals surface area contributed by atoms with Gasteiger partial charge >= 0.3 is 0 Å². The number of hydrogen-bond donors (Lipinski definition) is 1. The maximum atomic E-state index is 5.53. The Kier molecular flexibility index (Phi) is 4.29. The van der Waals surface area contributed by atoms with E-state index in [0.717, 1.165) is 12.1 Å². The lowest BCUT2D eigenvalue weighted by Crippen LogP contribution is -1.97. The highest BCUT2D eigenvalue weighted by Crippen LogP contribution is 1.94. The van der Waals surface area contributed by atoms with Crippen molar-refractivity contribution in [3.8, 4) is 0 Å². The summed E-state index contributed by atoms with van der Waals surface area (Å²) in [6.45, 7) is 8.23. The summed E-state index contributed by atoms with van der Waals surface area (Å²) in [5, 5.41) is 0. The maximum Gasteiger partial charge on any atom is 0.0361 e. The van der Waals surface area contributed by atoms with E-state index in [4.69, 9.17) is 5.73 Å². The number of allylic oxidation sites excluding steroid dienone is 2. The molecule has 0 heterocycles. The zero-order chi connectivity index (χ0) is 7.98. The van der Waals surface area contributed by atoms with Crippen LogP contribution < -0.4 is 5.73 Å². The van der Waals surface area contributed by atoms with E-state index in [1.54, 1.807) is 12.3 Å². The van der Waals surface area contributed by atoms with Gasteiger partial charge in [-0.3, -0.25) is 4.99 Å². The minimum atomic E-state index is 0.692. The van der Waals surface area contributed by atoms with E-state index >= 15 is 0 Å². The number of hydrogen-bond acceptors (Lipinski definition) is 2. The molecule has 0 rings (SSSR count). The zero-order valence-electron chi connectivity index (χ0n) is 6.59. The quantitative estimate of drug-likeness (QED) is 0.465. The maximum absolute atomic E-state index is 5.53. The van der Waals surface area contributed by atoms with Crippen LogP contribution in [0.25, 0.3) is 0 Å². The Morgan fingerprint density at radius 2 is 2.30 bits per heavy atom. The molecular weight excluding hydrogens is 124 g/mol. The van der Waals surface area contributed by atoms with Gasteiger partial charge in [0, 0.05) is 18.5 Å². The zero-order valence-corrected chi connectivity index (χ0v) is 6.59. The van der Waals surface area contributed by atoms with Crippen LogP contribution in [0.15, 0.2) is 28.9 Å². The second kappa shape index (κ2) is 4.79. The van der Waals surface area contributed by atoms with E-state index in [1.165, 1.54) is 0 Å². The molecule has 0 atom stereocenters. The van der Waals surface area contributed by atoms with Crippen molar-refractivity contribution in [2.24, 2.45) is 10.7 Å². The van der Waals surface area contributed by atoms with Crippen molar-refractivity contribution >= 4 is 6.21 Å². The summed E-state index contributed by atoms with van der Waals surface area (Å²) in [5.74, 6) is 0. The second-order valence-corrected chi connectivity index (χ2v) is 1.97. The van der Waals surface area contributed by atoms with Gasteiger partial charge in [-0.1, -0.05) is 6.58 Å². The van der Waals surface area contributed by atoms with E-state index < -0.39 is 0 Å². The van der Waals surface area contributed by atoms with Crippen molar-refractivity contribution < 1.29 is 0 Å². The molecular formula is C8H14N2. The number of aliphatic imine (C=N–C) groups is 1. The van der Waals surface area contributed by atoms with E-state index in [9.17, 15) is 0 Å². The van der Waals surface area contributed by atoms with Gasteiger partial charge in [-0.25, -0.2) is 0 Å². The van der Waals surface area contributed by atoms with E-state index in [2.05, 4.69) is 11.6 Å². The third-order valence-electron chi connectivity index (χ3n) is 1.14. The molecule has 0 aromatic heterocycles. The third kappa shape index (κ3) is 3.07. The predicted molar refractivity (Wildman–Crippen MR) is 46.1 cm³/mol. The van der Waals surface area contributed by atoms with Gasteiger partial charge < -0.3 is 5.73 Å². The molecule has 0 amide bonds. The molecule has 0 saturated carbocycles. The minimum absolute atomic E-state index is 0.692. The molecule has 0 radical (unpaired) electrons. The van der Waals surface area contributed by atoms with Crippen molar-refractivity contribution in [1.29, 1.82) is 0 Å². The van der Waals surface area contributed by atoms with E-state index in [0.29, 0.717) is 5.70 Å². The summed E-state index contributed by atoms with van der Waals surface area (Å²) in [7, 11) is 0. The molecule has 2 nitrogen and oxygen atoms in total. The Hall–Kier alpha value is -1.05. The summed E-state index contributed by atoms with van der Waals surface area (Å²) in [6.07, 6.45) is 3.38. The van der Waals surface area contributed by atoms with Crippen LogP contribution in [0.2, 0.25) is 0 Å². The summed E-state index contributed by atoms with van der Waals surface area (Å²) in [6, 6.07) is 0. The SMILES string of the molecule is C=CC(N)=C(C)C=NCC. The lowest BCUT2D eigenvalue weighted by atomic mass is 10.2. The molecule has 10 heavy (non-hydrogen) atoms. The first kappa shape index (κ1) is 8.95. The van der Waals surface area contributed by atoms with Gasteiger partial charge in [-0.05, 0) is 25.5 Å². The molecule has 0 fully saturated rings. The first-order valence-corrected chi connectivity index (χ1v) is 3.31. The summed E-state index contributed by atoms with van der Waals surface area (Å²) >= 11 is 0. The fraction of sp³-hybridized carbons (Fsp3) is 0.375. The summed E-state index contributed by atoms with van der Waals surface area (Å²) < 4.78 is 0. The molecule has 0 aliphatic heterocycles. The topological polar surface area (TPSA) is 38.4 Å². The van der Waals surface area contributed by atoms with Crippen LogP contribution in [0, 0.1) is 0 Å². The Morgan fingerprint density at radius 1 is 1.70 bits per heavy atom. The van der Waals surface area contributed by atoms with Gasteiger partial charge in [0.15, 0.2) is 0 Å². The lowest BCUT2D eigenvalue weighted by molar-refractivity contribution is 1.14.